The first-order valence-electron chi connectivity index (χ1n) is 10.1. The van der Waals surface area contributed by atoms with Crippen molar-refractivity contribution < 1.29 is 13.2 Å². The monoisotopic (exact) mass is 450 g/mol. The summed E-state index contributed by atoms with van der Waals surface area (Å²) < 4.78 is 23.3. The van der Waals surface area contributed by atoms with Gasteiger partial charge >= 0.3 is 0 Å². The van der Waals surface area contributed by atoms with Crippen LogP contribution in [0, 0.1) is 5.41 Å². The summed E-state index contributed by atoms with van der Waals surface area (Å²) in [6.07, 6.45) is 0.224. The SMILES string of the molecule is CC(C)c1ccccc1CC(=O)Nc1ccc(N)c(C(=N)c2cccc(S(N)(=O)=O)c2)c1. The Bertz CT molecular complexity index is 1280. The van der Waals surface area contributed by atoms with Crippen molar-refractivity contribution in [1.82, 2.24) is 0 Å². The fourth-order valence-corrected chi connectivity index (χ4v) is 4.03. The van der Waals surface area contributed by atoms with Crippen LogP contribution in [0.25, 0.3) is 0 Å². The maximum absolute atomic E-state index is 12.7. The molecule has 0 aliphatic heterocycles. The van der Waals surface area contributed by atoms with Crippen LogP contribution in [0.2, 0.25) is 0 Å². The van der Waals surface area contributed by atoms with Gasteiger partial charge in [0.25, 0.3) is 0 Å². The number of benzene rings is 3. The average Bonchev–Trinajstić information content (AvgIpc) is 2.74. The standard InChI is InChI=1S/C24H26N4O3S/c1-15(2)20-9-4-3-6-16(20)13-23(29)28-18-10-11-22(25)21(14-18)24(26)17-7-5-8-19(12-17)32(27,30)31/h3-12,14-15,26H,13,25H2,1-2H3,(H,28,29)(H2,27,30,31). The number of carbonyl (C=O) groups excluding carboxylic acids is 1. The molecule has 0 saturated heterocycles. The van der Waals surface area contributed by atoms with Crippen LogP contribution in [0.15, 0.2) is 71.6 Å². The van der Waals surface area contributed by atoms with E-state index >= 15 is 0 Å². The van der Waals surface area contributed by atoms with Crippen molar-refractivity contribution in [2.75, 3.05) is 11.1 Å². The highest BCUT2D eigenvalue weighted by molar-refractivity contribution is 7.89. The maximum atomic E-state index is 12.7. The van der Waals surface area contributed by atoms with Gasteiger partial charge in [0.1, 0.15) is 0 Å². The molecule has 0 saturated carbocycles. The van der Waals surface area contributed by atoms with Crippen molar-refractivity contribution in [1.29, 1.82) is 5.41 Å². The molecule has 8 heteroatoms. The molecule has 0 aliphatic rings. The second kappa shape index (κ2) is 9.33. The minimum atomic E-state index is -3.90. The third-order valence-electron chi connectivity index (χ3n) is 5.09. The molecule has 6 N–H and O–H groups in total. The fourth-order valence-electron chi connectivity index (χ4n) is 3.47. The van der Waals surface area contributed by atoms with Gasteiger partial charge in [0.15, 0.2) is 0 Å². The van der Waals surface area contributed by atoms with Crippen LogP contribution in [0.1, 0.15) is 42.0 Å². The number of carbonyl (C=O) groups is 1. The smallest absolute Gasteiger partial charge is 0.238 e. The Labute approximate surface area is 188 Å². The fraction of sp³-hybridized carbons (Fsp3) is 0.167. The van der Waals surface area contributed by atoms with Crippen LogP contribution in [0.4, 0.5) is 11.4 Å². The lowest BCUT2D eigenvalue weighted by Crippen LogP contribution is -2.16. The molecule has 0 aliphatic carbocycles. The van der Waals surface area contributed by atoms with E-state index < -0.39 is 10.0 Å². The summed E-state index contributed by atoms with van der Waals surface area (Å²) in [5, 5.41) is 16.6. The van der Waals surface area contributed by atoms with E-state index in [1.54, 1.807) is 24.3 Å². The second-order valence-corrected chi connectivity index (χ2v) is 9.39. The van der Waals surface area contributed by atoms with Gasteiger partial charge in [-0.25, -0.2) is 13.6 Å². The number of nitrogens with one attached hydrogen (secondary N) is 2. The summed E-state index contributed by atoms with van der Waals surface area (Å²) >= 11 is 0. The predicted molar refractivity (Wildman–Crippen MR) is 127 cm³/mol. The van der Waals surface area contributed by atoms with Gasteiger partial charge in [-0.2, -0.15) is 0 Å². The van der Waals surface area contributed by atoms with E-state index in [9.17, 15) is 13.2 Å². The topological polar surface area (TPSA) is 139 Å². The Hall–Kier alpha value is -3.49. The number of amides is 1. The first kappa shape index (κ1) is 23.2. The predicted octanol–water partition coefficient (Wildman–Crippen LogP) is 3.64. The maximum Gasteiger partial charge on any atom is 0.238 e. The molecule has 0 aromatic heterocycles. The number of nitrogen functional groups attached to an aromatic ring is 1. The van der Waals surface area contributed by atoms with Crippen molar-refractivity contribution in [3.8, 4) is 0 Å². The van der Waals surface area contributed by atoms with Crippen LogP contribution in [0.5, 0.6) is 0 Å². The van der Waals surface area contributed by atoms with Crippen molar-refractivity contribution in [2.45, 2.75) is 31.1 Å². The highest BCUT2D eigenvalue weighted by Crippen LogP contribution is 2.24. The minimum absolute atomic E-state index is 0.0225. The quantitative estimate of drug-likeness (QED) is 0.322. The number of primary sulfonamides is 1. The van der Waals surface area contributed by atoms with Gasteiger partial charge in [-0.3, -0.25) is 10.2 Å². The highest BCUT2D eigenvalue weighted by atomic mass is 32.2. The molecule has 0 atom stereocenters. The molecule has 3 aromatic rings. The Balaban J connectivity index is 1.83. The van der Waals surface area contributed by atoms with Crippen molar-refractivity contribution in [3.63, 3.8) is 0 Å². The first-order chi connectivity index (χ1) is 15.1. The van der Waals surface area contributed by atoms with Gasteiger partial charge in [0.05, 0.1) is 17.0 Å². The molecule has 166 valence electrons. The van der Waals surface area contributed by atoms with Gasteiger partial charge in [-0.1, -0.05) is 50.2 Å². The number of hydrogen-bond donors (Lipinski definition) is 4. The number of sulfonamides is 1. The van der Waals surface area contributed by atoms with Gasteiger partial charge in [0, 0.05) is 22.5 Å². The van der Waals surface area contributed by atoms with E-state index in [-0.39, 0.29) is 22.9 Å². The van der Waals surface area contributed by atoms with E-state index in [2.05, 4.69) is 19.2 Å². The largest absolute Gasteiger partial charge is 0.398 e. The molecule has 1 amide bonds. The zero-order chi connectivity index (χ0) is 23.5. The zero-order valence-corrected chi connectivity index (χ0v) is 18.7. The third kappa shape index (κ3) is 5.40. The first-order valence-corrected chi connectivity index (χ1v) is 11.6. The summed E-state index contributed by atoms with van der Waals surface area (Å²) in [7, 11) is -3.90. The molecule has 0 bridgehead atoms. The number of hydrogen-bond acceptors (Lipinski definition) is 5. The van der Waals surface area contributed by atoms with Crippen LogP contribution in [-0.4, -0.2) is 20.0 Å². The van der Waals surface area contributed by atoms with Crippen molar-refractivity contribution in [2.24, 2.45) is 5.14 Å². The second-order valence-electron chi connectivity index (χ2n) is 7.83. The lowest BCUT2D eigenvalue weighted by atomic mass is 9.95. The van der Waals surface area contributed by atoms with E-state index in [0.717, 1.165) is 11.1 Å². The van der Waals surface area contributed by atoms with Crippen LogP contribution < -0.4 is 16.2 Å². The minimum Gasteiger partial charge on any atom is -0.398 e. The third-order valence-corrected chi connectivity index (χ3v) is 6.00. The van der Waals surface area contributed by atoms with Crippen LogP contribution >= 0.6 is 0 Å². The molecule has 0 heterocycles. The summed E-state index contributed by atoms with van der Waals surface area (Å²) in [6.45, 7) is 4.17. The molecule has 0 radical (unpaired) electrons. The molecule has 3 rings (SSSR count). The van der Waals surface area contributed by atoms with Gasteiger partial charge in [0.2, 0.25) is 15.9 Å². The zero-order valence-electron chi connectivity index (χ0n) is 17.9. The van der Waals surface area contributed by atoms with E-state index in [0.29, 0.717) is 28.4 Å². The van der Waals surface area contributed by atoms with Gasteiger partial charge in [-0.05, 0) is 47.4 Å². The summed E-state index contributed by atoms with van der Waals surface area (Å²) in [5.41, 5.74) is 9.71. The Morgan fingerprint density at radius 3 is 2.44 bits per heavy atom. The summed E-state index contributed by atoms with van der Waals surface area (Å²) in [4.78, 5) is 12.6. The molecular weight excluding hydrogens is 424 g/mol. The Morgan fingerprint density at radius 1 is 1.03 bits per heavy atom. The average molecular weight is 451 g/mol. The molecule has 0 unspecified atom stereocenters. The molecule has 7 nitrogen and oxygen atoms in total. The van der Waals surface area contributed by atoms with Crippen molar-refractivity contribution >= 4 is 33.0 Å². The van der Waals surface area contributed by atoms with Crippen molar-refractivity contribution in [3.05, 3.63) is 89.0 Å². The normalized spacial score (nSPS) is 11.4. The van der Waals surface area contributed by atoms with E-state index in [1.165, 1.54) is 18.2 Å². The van der Waals surface area contributed by atoms with Gasteiger partial charge in [-0.15, -0.1) is 0 Å². The van der Waals surface area contributed by atoms with Crippen LogP contribution in [0.3, 0.4) is 0 Å². The Morgan fingerprint density at radius 2 is 1.75 bits per heavy atom. The lowest BCUT2D eigenvalue weighted by Gasteiger charge is -2.14. The molecule has 0 spiro atoms. The molecule has 0 fully saturated rings. The summed E-state index contributed by atoms with van der Waals surface area (Å²) in [5.74, 6) is 0.118. The lowest BCUT2D eigenvalue weighted by molar-refractivity contribution is -0.115. The number of nitrogens with two attached hydrogens (primary N) is 2. The molecule has 3 aromatic carbocycles. The number of rotatable bonds is 7. The van der Waals surface area contributed by atoms with E-state index in [4.69, 9.17) is 16.3 Å². The van der Waals surface area contributed by atoms with E-state index in [1.807, 2.05) is 24.3 Å². The van der Waals surface area contributed by atoms with Crippen LogP contribution in [-0.2, 0) is 21.2 Å². The number of anilines is 2. The summed E-state index contributed by atoms with van der Waals surface area (Å²) in [6, 6.07) is 18.5. The highest BCUT2D eigenvalue weighted by Gasteiger charge is 2.15. The Kier molecular flexibility index (Phi) is 6.76. The van der Waals surface area contributed by atoms with Gasteiger partial charge < -0.3 is 11.1 Å². The molecular formula is C24H26N4O3S. The molecule has 32 heavy (non-hydrogen) atoms.